The summed E-state index contributed by atoms with van der Waals surface area (Å²) in [5, 5.41) is 6.62. The van der Waals surface area contributed by atoms with Crippen molar-refractivity contribution >= 4 is 22.7 Å². The van der Waals surface area contributed by atoms with Gasteiger partial charge in [-0.3, -0.25) is 4.79 Å². The monoisotopic (exact) mass is 319 g/mol. The SMILES string of the molecule is Cc1nc2cccc(NC(=O)c3cc(-c4ccccc4)on3)c2o1. The first-order valence-electron chi connectivity index (χ1n) is 7.40. The number of benzene rings is 2. The maximum Gasteiger partial charge on any atom is 0.277 e. The zero-order chi connectivity index (χ0) is 16.5. The molecular formula is C18H13N3O3. The third-order valence-corrected chi connectivity index (χ3v) is 3.57. The second-order valence-electron chi connectivity index (χ2n) is 5.28. The largest absolute Gasteiger partial charge is 0.439 e. The van der Waals surface area contributed by atoms with E-state index in [1.807, 2.05) is 36.4 Å². The number of hydrogen-bond donors (Lipinski definition) is 1. The van der Waals surface area contributed by atoms with Gasteiger partial charge in [0, 0.05) is 18.6 Å². The molecule has 0 unspecified atom stereocenters. The van der Waals surface area contributed by atoms with Gasteiger partial charge < -0.3 is 14.3 Å². The van der Waals surface area contributed by atoms with Crippen LogP contribution in [0.15, 0.2) is 63.5 Å². The predicted octanol–water partition coefficient (Wildman–Crippen LogP) is 4.04. The summed E-state index contributed by atoms with van der Waals surface area (Å²) < 4.78 is 10.8. The van der Waals surface area contributed by atoms with E-state index in [-0.39, 0.29) is 11.6 Å². The molecule has 0 saturated heterocycles. The summed E-state index contributed by atoms with van der Waals surface area (Å²) in [6.07, 6.45) is 0. The third kappa shape index (κ3) is 2.54. The maximum absolute atomic E-state index is 12.4. The molecule has 0 atom stereocenters. The Labute approximate surface area is 137 Å². The predicted molar refractivity (Wildman–Crippen MR) is 88.6 cm³/mol. The van der Waals surface area contributed by atoms with Crippen LogP contribution in [-0.4, -0.2) is 16.0 Å². The van der Waals surface area contributed by atoms with E-state index in [0.29, 0.717) is 28.4 Å². The van der Waals surface area contributed by atoms with Crippen molar-refractivity contribution in [3.63, 3.8) is 0 Å². The van der Waals surface area contributed by atoms with Crippen LogP contribution in [-0.2, 0) is 0 Å². The number of amides is 1. The highest BCUT2D eigenvalue weighted by Crippen LogP contribution is 2.25. The minimum atomic E-state index is -0.373. The van der Waals surface area contributed by atoms with E-state index in [9.17, 15) is 4.79 Å². The van der Waals surface area contributed by atoms with Crippen LogP contribution in [0.2, 0.25) is 0 Å². The van der Waals surface area contributed by atoms with E-state index < -0.39 is 0 Å². The highest BCUT2D eigenvalue weighted by molar-refractivity contribution is 6.06. The Morgan fingerprint density at radius 3 is 2.75 bits per heavy atom. The van der Waals surface area contributed by atoms with Crippen molar-refractivity contribution < 1.29 is 13.7 Å². The van der Waals surface area contributed by atoms with E-state index in [2.05, 4.69) is 15.5 Å². The van der Waals surface area contributed by atoms with Gasteiger partial charge in [0.1, 0.15) is 5.52 Å². The van der Waals surface area contributed by atoms with Crippen LogP contribution in [0.25, 0.3) is 22.4 Å². The van der Waals surface area contributed by atoms with Crippen LogP contribution < -0.4 is 5.32 Å². The van der Waals surface area contributed by atoms with Crippen molar-refractivity contribution in [2.24, 2.45) is 0 Å². The van der Waals surface area contributed by atoms with Crippen molar-refractivity contribution in [2.45, 2.75) is 6.92 Å². The lowest BCUT2D eigenvalue weighted by atomic mass is 10.1. The number of nitrogens with one attached hydrogen (secondary N) is 1. The molecule has 0 aliphatic rings. The van der Waals surface area contributed by atoms with E-state index in [0.717, 1.165) is 5.56 Å². The first kappa shape index (κ1) is 14.2. The fraction of sp³-hybridized carbons (Fsp3) is 0.0556. The summed E-state index contributed by atoms with van der Waals surface area (Å²) in [6, 6.07) is 16.5. The second-order valence-corrected chi connectivity index (χ2v) is 5.28. The lowest BCUT2D eigenvalue weighted by molar-refractivity contribution is 0.101. The minimum Gasteiger partial charge on any atom is -0.439 e. The number of anilines is 1. The van der Waals surface area contributed by atoms with Gasteiger partial charge in [0.15, 0.2) is 22.9 Å². The first-order chi connectivity index (χ1) is 11.7. The quantitative estimate of drug-likeness (QED) is 0.616. The van der Waals surface area contributed by atoms with Gasteiger partial charge in [-0.1, -0.05) is 41.6 Å². The number of hydrogen-bond acceptors (Lipinski definition) is 5. The molecule has 0 bridgehead atoms. The van der Waals surface area contributed by atoms with E-state index in [1.165, 1.54) is 0 Å². The number of aryl methyl sites for hydroxylation is 1. The molecule has 2 aromatic heterocycles. The van der Waals surface area contributed by atoms with Crippen molar-refractivity contribution in [2.75, 3.05) is 5.32 Å². The number of carbonyl (C=O) groups is 1. The summed E-state index contributed by atoms with van der Waals surface area (Å²) in [6.45, 7) is 1.76. The van der Waals surface area contributed by atoms with Gasteiger partial charge in [-0.2, -0.15) is 0 Å². The summed E-state index contributed by atoms with van der Waals surface area (Å²) in [5.41, 5.74) is 2.83. The van der Waals surface area contributed by atoms with Gasteiger partial charge in [0.05, 0.1) is 5.69 Å². The Bertz CT molecular complexity index is 1020. The molecule has 24 heavy (non-hydrogen) atoms. The number of aromatic nitrogens is 2. The summed E-state index contributed by atoms with van der Waals surface area (Å²) in [5.74, 6) is 0.705. The van der Waals surface area contributed by atoms with Crippen LogP contribution in [0, 0.1) is 6.92 Å². The van der Waals surface area contributed by atoms with Gasteiger partial charge in [0.25, 0.3) is 5.91 Å². The van der Waals surface area contributed by atoms with Crippen LogP contribution in [0.5, 0.6) is 0 Å². The minimum absolute atomic E-state index is 0.196. The summed E-state index contributed by atoms with van der Waals surface area (Å²) in [7, 11) is 0. The van der Waals surface area contributed by atoms with E-state index >= 15 is 0 Å². The zero-order valence-corrected chi connectivity index (χ0v) is 12.8. The molecule has 0 aliphatic carbocycles. The molecule has 6 heteroatoms. The molecule has 2 aromatic carbocycles. The van der Waals surface area contributed by atoms with Gasteiger partial charge in [-0.25, -0.2) is 4.98 Å². The second kappa shape index (κ2) is 5.66. The smallest absolute Gasteiger partial charge is 0.277 e. The number of oxazole rings is 1. The molecule has 6 nitrogen and oxygen atoms in total. The van der Waals surface area contributed by atoms with Gasteiger partial charge in [-0.15, -0.1) is 0 Å². The molecule has 0 aliphatic heterocycles. The Kier molecular flexibility index (Phi) is 3.35. The fourth-order valence-electron chi connectivity index (χ4n) is 2.47. The number of fused-ring (bicyclic) bond motifs is 1. The van der Waals surface area contributed by atoms with Crippen LogP contribution >= 0.6 is 0 Å². The summed E-state index contributed by atoms with van der Waals surface area (Å²) in [4.78, 5) is 16.7. The molecule has 2 heterocycles. The molecule has 0 radical (unpaired) electrons. The van der Waals surface area contributed by atoms with E-state index in [1.54, 1.807) is 25.1 Å². The van der Waals surface area contributed by atoms with Crippen molar-refractivity contribution in [1.29, 1.82) is 0 Å². The number of para-hydroxylation sites is 1. The summed E-state index contributed by atoms with van der Waals surface area (Å²) >= 11 is 0. The topological polar surface area (TPSA) is 81.2 Å². The fourth-order valence-corrected chi connectivity index (χ4v) is 2.47. The van der Waals surface area contributed by atoms with Crippen molar-refractivity contribution in [1.82, 2.24) is 10.1 Å². The van der Waals surface area contributed by atoms with Crippen LogP contribution in [0.4, 0.5) is 5.69 Å². The highest BCUT2D eigenvalue weighted by Gasteiger charge is 2.16. The normalized spacial score (nSPS) is 10.9. The third-order valence-electron chi connectivity index (χ3n) is 3.57. The average Bonchev–Trinajstić information content (AvgIpc) is 3.22. The molecule has 118 valence electrons. The van der Waals surface area contributed by atoms with Crippen molar-refractivity contribution in [3.8, 4) is 11.3 Å². The number of nitrogens with zero attached hydrogens (tertiary/aromatic N) is 2. The van der Waals surface area contributed by atoms with Crippen LogP contribution in [0.1, 0.15) is 16.4 Å². The molecule has 1 N–H and O–H groups in total. The lowest BCUT2D eigenvalue weighted by Gasteiger charge is -2.02. The maximum atomic E-state index is 12.4. The van der Waals surface area contributed by atoms with Gasteiger partial charge >= 0.3 is 0 Å². The molecule has 4 aromatic rings. The Morgan fingerprint density at radius 1 is 1.08 bits per heavy atom. The molecule has 0 saturated carbocycles. The van der Waals surface area contributed by atoms with Gasteiger partial charge in [0.2, 0.25) is 0 Å². The molecular weight excluding hydrogens is 306 g/mol. The van der Waals surface area contributed by atoms with Gasteiger partial charge in [-0.05, 0) is 12.1 Å². The molecule has 1 amide bonds. The molecule has 4 rings (SSSR count). The lowest BCUT2D eigenvalue weighted by Crippen LogP contribution is -2.12. The average molecular weight is 319 g/mol. The Morgan fingerprint density at radius 2 is 1.92 bits per heavy atom. The highest BCUT2D eigenvalue weighted by atomic mass is 16.5. The van der Waals surface area contributed by atoms with Crippen LogP contribution in [0.3, 0.4) is 0 Å². The Hall–Kier alpha value is -3.41. The van der Waals surface area contributed by atoms with Crippen molar-refractivity contribution in [3.05, 3.63) is 66.2 Å². The molecule has 0 spiro atoms. The number of rotatable bonds is 3. The standard InChI is InChI=1S/C18H13N3O3/c1-11-19-13-8-5-9-14(17(13)23-11)20-18(22)15-10-16(24-21-15)12-6-3-2-4-7-12/h2-10H,1H3,(H,20,22). The zero-order valence-electron chi connectivity index (χ0n) is 12.8. The molecule has 0 fully saturated rings. The van der Waals surface area contributed by atoms with E-state index in [4.69, 9.17) is 8.94 Å². The first-order valence-corrected chi connectivity index (χ1v) is 7.40. The Balaban J connectivity index is 1.61. The number of carbonyl (C=O) groups excluding carboxylic acids is 1.